The Morgan fingerprint density at radius 1 is 1.31 bits per heavy atom. The van der Waals surface area contributed by atoms with Crippen molar-refractivity contribution in [2.75, 3.05) is 19.8 Å². The molecule has 1 aliphatic heterocycles. The van der Waals surface area contributed by atoms with Gasteiger partial charge in [0.2, 0.25) is 0 Å². The molecule has 0 radical (unpaired) electrons. The molecule has 5 heteroatoms. The minimum absolute atomic E-state index is 0.224. The first kappa shape index (κ1) is 13.1. The Bertz CT molecular complexity index is 260. The molecule has 0 amide bonds. The van der Waals surface area contributed by atoms with Crippen LogP contribution in [0, 0.1) is 0 Å². The van der Waals surface area contributed by atoms with E-state index >= 15 is 0 Å². The second kappa shape index (κ2) is 5.41. The zero-order valence-corrected chi connectivity index (χ0v) is 9.95. The predicted molar refractivity (Wildman–Crippen MR) is 56.0 cm³/mol. The van der Waals surface area contributed by atoms with E-state index in [1.165, 1.54) is 0 Å². The summed E-state index contributed by atoms with van der Waals surface area (Å²) >= 11 is 0. The summed E-state index contributed by atoms with van der Waals surface area (Å²) in [6.07, 6.45) is -0.882. The molecular weight excluding hydrogens is 212 g/mol. The number of carbonyl (C=O) groups is 2. The van der Waals surface area contributed by atoms with Crippen LogP contribution in [0.25, 0.3) is 0 Å². The molecule has 1 heterocycles. The summed E-state index contributed by atoms with van der Waals surface area (Å²) in [7, 11) is 0. The van der Waals surface area contributed by atoms with Crippen LogP contribution in [0.15, 0.2) is 0 Å². The molecule has 0 spiro atoms. The molecule has 0 aliphatic carbocycles. The van der Waals surface area contributed by atoms with Gasteiger partial charge in [-0.25, -0.2) is 0 Å². The minimum atomic E-state index is -0.624. The fourth-order valence-corrected chi connectivity index (χ4v) is 1.31. The number of hydrogen-bond acceptors (Lipinski definition) is 5. The maximum absolute atomic E-state index is 11.6. The van der Waals surface area contributed by atoms with Crippen molar-refractivity contribution in [3.05, 3.63) is 0 Å². The monoisotopic (exact) mass is 230 g/mol. The van der Waals surface area contributed by atoms with E-state index in [1.807, 2.05) is 0 Å². The van der Waals surface area contributed by atoms with Gasteiger partial charge in [0.1, 0.15) is 18.1 Å². The Balaban J connectivity index is 2.35. The number of esters is 1. The molecule has 1 atom stereocenters. The van der Waals surface area contributed by atoms with E-state index in [4.69, 9.17) is 14.2 Å². The first-order chi connectivity index (χ1) is 7.38. The van der Waals surface area contributed by atoms with Gasteiger partial charge in [-0.15, -0.1) is 0 Å². The van der Waals surface area contributed by atoms with Crippen LogP contribution in [0.3, 0.4) is 0 Å². The molecule has 5 nitrogen and oxygen atoms in total. The molecule has 16 heavy (non-hydrogen) atoms. The third kappa shape index (κ3) is 4.72. The van der Waals surface area contributed by atoms with Gasteiger partial charge < -0.3 is 14.2 Å². The highest BCUT2D eigenvalue weighted by Gasteiger charge is 2.26. The van der Waals surface area contributed by atoms with Gasteiger partial charge in [-0.3, -0.25) is 9.59 Å². The largest absolute Gasteiger partial charge is 0.460 e. The molecule has 0 N–H and O–H groups in total. The molecule has 0 bridgehead atoms. The van der Waals surface area contributed by atoms with Crippen molar-refractivity contribution in [2.24, 2.45) is 0 Å². The van der Waals surface area contributed by atoms with Crippen molar-refractivity contribution in [1.29, 1.82) is 0 Å². The molecule has 0 aromatic carbocycles. The predicted octanol–water partition coefficient (Wildman–Crippen LogP) is 0.703. The van der Waals surface area contributed by atoms with Crippen LogP contribution in [0.2, 0.25) is 0 Å². The molecule has 0 aromatic heterocycles. The lowest BCUT2D eigenvalue weighted by atomic mass is 10.1. The van der Waals surface area contributed by atoms with Gasteiger partial charge in [-0.1, -0.05) is 0 Å². The van der Waals surface area contributed by atoms with E-state index in [2.05, 4.69) is 0 Å². The summed E-state index contributed by atoms with van der Waals surface area (Å²) in [5.74, 6) is -0.805. The van der Waals surface area contributed by atoms with Gasteiger partial charge >= 0.3 is 5.97 Å². The third-order valence-corrected chi connectivity index (χ3v) is 1.91. The van der Waals surface area contributed by atoms with E-state index in [-0.39, 0.29) is 18.8 Å². The van der Waals surface area contributed by atoms with Gasteiger partial charge in [0.05, 0.1) is 19.8 Å². The standard InChI is InChI=1S/C11H18O5/c1-11(2,3)16-10(13)6-8(12)9-7-14-4-5-15-9/h9H,4-7H2,1-3H3/t9-/m0/s1. The Morgan fingerprint density at radius 2 is 2.00 bits per heavy atom. The summed E-state index contributed by atoms with van der Waals surface area (Å²) in [4.78, 5) is 23.0. The Morgan fingerprint density at radius 3 is 2.50 bits per heavy atom. The average Bonchev–Trinajstić information content (AvgIpc) is 2.16. The molecule has 1 saturated heterocycles. The second-order valence-electron chi connectivity index (χ2n) is 4.66. The molecule has 1 rings (SSSR count). The summed E-state index contributed by atoms with van der Waals surface area (Å²) in [5.41, 5.74) is -0.568. The molecule has 1 aliphatic rings. The van der Waals surface area contributed by atoms with Crippen LogP contribution >= 0.6 is 0 Å². The van der Waals surface area contributed by atoms with Crippen LogP contribution in [-0.4, -0.2) is 43.3 Å². The second-order valence-corrected chi connectivity index (χ2v) is 4.66. The number of ether oxygens (including phenoxy) is 3. The van der Waals surface area contributed by atoms with Crippen molar-refractivity contribution in [1.82, 2.24) is 0 Å². The van der Waals surface area contributed by atoms with Crippen molar-refractivity contribution in [3.63, 3.8) is 0 Å². The van der Waals surface area contributed by atoms with E-state index in [9.17, 15) is 9.59 Å². The van der Waals surface area contributed by atoms with Gasteiger partial charge in [-0.05, 0) is 20.8 Å². The quantitative estimate of drug-likeness (QED) is 0.527. The lowest BCUT2D eigenvalue weighted by Crippen LogP contribution is -2.37. The summed E-state index contributed by atoms with van der Waals surface area (Å²) in [5, 5.41) is 0. The summed E-state index contributed by atoms with van der Waals surface area (Å²) < 4.78 is 15.3. The van der Waals surface area contributed by atoms with Crippen LogP contribution in [0.1, 0.15) is 27.2 Å². The number of ketones is 1. The van der Waals surface area contributed by atoms with Gasteiger partial charge in [0.25, 0.3) is 0 Å². The summed E-state index contributed by atoms with van der Waals surface area (Å²) in [6, 6.07) is 0. The molecule has 92 valence electrons. The van der Waals surface area contributed by atoms with E-state index in [0.29, 0.717) is 13.2 Å². The molecule has 0 saturated carbocycles. The minimum Gasteiger partial charge on any atom is -0.460 e. The number of carbonyl (C=O) groups excluding carboxylic acids is 2. The SMILES string of the molecule is CC(C)(C)OC(=O)CC(=O)[C@@H]1COCCO1. The van der Waals surface area contributed by atoms with Crippen LogP contribution in [-0.2, 0) is 23.8 Å². The first-order valence-corrected chi connectivity index (χ1v) is 5.32. The molecule has 1 fully saturated rings. The first-order valence-electron chi connectivity index (χ1n) is 5.32. The number of hydrogen-bond donors (Lipinski definition) is 0. The van der Waals surface area contributed by atoms with Crippen molar-refractivity contribution < 1.29 is 23.8 Å². The van der Waals surface area contributed by atoms with Gasteiger partial charge in [-0.2, -0.15) is 0 Å². The maximum Gasteiger partial charge on any atom is 0.313 e. The molecular formula is C11H18O5. The van der Waals surface area contributed by atoms with Crippen LogP contribution < -0.4 is 0 Å². The number of Topliss-reactive ketones (excluding diaryl/α,β-unsaturated/α-hetero) is 1. The zero-order valence-electron chi connectivity index (χ0n) is 9.95. The summed E-state index contributed by atoms with van der Waals surface area (Å²) in [6.45, 7) is 6.39. The highest BCUT2D eigenvalue weighted by molar-refractivity contribution is 5.98. The lowest BCUT2D eigenvalue weighted by molar-refractivity contribution is -0.161. The Hall–Kier alpha value is -0.940. The van der Waals surface area contributed by atoms with Crippen molar-refractivity contribution in [2.45, 2.75) is 38.9 Å². The van der Waals surface area contributed by atoms with Crippen molar-refractivity contribution in [3.8, 4) is 0 Å². The van der Waals surface area contributed by atoms with E-state index in [0.717, 1.165) is 0 Å². The maximum atomic E-state index is 11.6. The highest BCUT2D eigenvalue weighted by atomic mass is 16.6. The Kier molecular flexibility index (Phi) is 4.44. The zero-order chi connectivity index (χ0) is 12.2. The average molecular weight is 230 g/mol. The third-order valence-electron chi connectivity index (χ3n) is 1.91. The van der Waals surface area contributed by atoms with Crippen LogP contribution in [0.5, 0.6) is 0 Å². The van der Waals surface area contributed by atoms with Crippen molar-refractivity contribution >= 4 is 11.8 Å². The molecule has 0 aromatic rings. The molecule has 0 unspecified atom stereocenters. The normalized spacial score (nSPS) is 21.6. The smallest absolute Gasteiger partial charge is 0.313 e. The van der Waals surface area contributed by atoms with Gasteiger partial charge in [0.15, 0.2) is 5.78 Å². The highest BCUT2D eigenvalue weighted by Crippen LogP contribution is 2.10. The van der Waals surface area contributed by atoms with E-state index in [1.54, 1.807) is 20.8 Å². The number of rotatable bonds is 3. The van der Waals surface area contributed by atoms with Gasteiger partial charge in [0, 0.05) is 0 Å². The van der Waals surface area contributed by atoms with E-state index < -0.39 is 17.7 Å². The fraction of sp³-hybridized carbons (Fsp3) is 0.818. The topological polar surface area (TPSA) is 61.8 Å². The lowest BCUT2D eigenvalue weighted by Gasteiger charge is -2.23. The Labute approximate surface area is 95.0 Å². The van der Waals surface area contributed by atoms with Crippen LogP contribution in [0.4, 0.5) is 0 Å². The fourth-order valence-electron chi connectivity index (χ4n) is 1.31.